The Morgan fingerprint density at radius 3 is 2.27 bits per heavy atom. The van der Waals surface area contributed by atoms with Crippen LogP contribution in [0, 0.1) is 10.8 Å². The summed E-state index contributed by atoms with van der Waals surface area (Å²) in [6, 6.07) is 17.3. The van der Waals surface area contributed by atoms with Gasteiger partial charge in [-0.15, -0.1) is 0 Å². The average molecular weight is 610 g/mol. The van der Waals surface area contributed by atoms with Crippen LogP contribution in [-0.2, 0) is 15.0 Å². The number of rotatable bonds is 5. The largest absolute Gasteiger partial charge is 0.478 e. The van der Waals surface area contributed by atoms with E-state index in [1.807, 2.05) is 35.2 Å². The van der Waals surface area contributed by atoms with Gasteiger partial charge >= 0.3 is 5.97 Å². The van der Waals surface area contributed by atoms with Crippen LogP contribution in [0.3, 0.4) is 0 Å². The number of nitrogens with zero attached hydrogens (tertiary/aromatic N) is 2. The molecule has 2 N–H and O–H groups in total. The molecule has 7 nitrogen and oxygen atoms in total. The van der Waals surface area contributed by atoms with Crippen LogP contribution in [0.4, 0.5) is 0 Å². The van der Waals surface area contributed by atoms with E-state index in [1.54, 1.807) is 12.1 Å². The van der Waals surface area contributed by atoms with Gasteiger partial charge in [0.05, 0.1) is 17.0 Å². The molecule has 4 aliphatic rings. The van der Waals surface area contributed by atoms with E-state index in [1.165, 1.54) is 17.6 Å². The second-order valence-corrected chi connectivity index (χ2v) is 14.3. The highest BCUT2D eigenvalue weighted by atomic mass is 16.4. The van der Waals surface area contributed by atoms with Crippen LogP contribution in [0.5, 0.6) is 0 Å². The molecule has 45 heavy (non-hydrogen) atoms. The molecular formula is C38H47N3O4. The van der Waals surface area contributed by atoms with Crippen molar-refractivity contribution >= 4 is 23.4 Å². The molecule has 0 bridgehead atoms. The van der Waals surface area contributed by atoms with Crippen molar-refractivity contribution in [3.8, 4) is 0 Å². The smallest absolute Gasteiger partial charge is 0.335 e. The molecule has 1 aliphatic carbocycles. The Balaban J connectivity index is 1.23. The van der Waals surface area contributed by atoms with Gasteiger partial charge in [-0.05, 0) is 67.5 Å². The molecule has 7 heteroatoms. The van der Waals surface area contributed by atoms with Crippen LogP contribution >= 0.6 is 0 Å². The topological polar surface area (TPSA) is 90.0 Å². The SMILES string of the molecule is CC1(C)C(c2ccc(C(=O)O)cc2)=CC[C@]2(C)CN(C(=O)C3(c4ccccc4)CCN(C(=O)C4CCCCCN4)CC3)CC=C12. The number of carbonyl (C=O) groups excluding carboxylic acids is 2. The van der Waals surface area contributed by atoms with Crippen molar-refractivity contribution in [1.82, 2.24) is 15.1 Å². The molecule has 3 aliphatic heterocycles. The number of benzene rings is 2. The number of amides is 2. The number of hydrogen-bond donors (Lipinski definition) is 2. The first kappa shape index (κ1) is 31.3. The number of piperidine rings is 1. The van der Waals surface area contributed by atoms with Crippen molar-refractivity contribution in [2.24, 2.45) is 10.8 Å². The third-order valence-electron chi connectivity index (χ3n) is 11.1. The van der Waals surface area contributed by atoms with E-state index in [-0.39, 0.29) is 34.2 Å². The van der Waals surface area contributed by atoms with Gasteiger partial charge in [-0.1, -0.05) is 93.8 Å². The van der Waals surface area contributed by atoms with Crippen LogP contribution < -0.4 is 5.32 Å². The standard InChI is InChI=1S/C38H47N3O4/c1-36(2)30(27-13-15-28(16-14-27)34(43)44)17-19-37(3)26-41(23-18-32(36)37)35(45)38(29-10-6-4-7-11-29)20-24-40(25-21-38)33(42)31-12-8-5-9-22-39-31/h4,6-7,10-11,13-18,31,39H,5,8-9,12,19-26H2,1-3H3,(H,43,44)/t31?,37-/m1/s1. The van der Waals surface area contributed by atoms with Gasteiger partial charge in [0.2, 0.25) is 11.8 Å². The van der Waals surface area contributed by atoms with Gasteiger partial charge in [0.25, 0.3) is 0 Å². The van der Waals surface area contributed by atoms with Gasteiger partial charge in [-0.3, -0.25) is 9.59 Å². The minimum absolute atomic E-state index is 0.110. The number of nitrogens with one attached hydrogen (secondary N) is 1. The Kier molecular flexibility index (Phi) is 8.51. The predicted molar refractivity (Wildman–Crippen MR) is 177 cm³/mol. The first-order valence-electron chi connectivity index (χ1n) is 16.7. The van der Waals surface area contributed by atoms with Crippen molar-refractivity contribution in [2.75, 3.05) is 32.7 Å². The molecule has 0 saturated carbocycles. The highest BCUT2D eigenvalue weighted by molar-refractivity contribution is 5.90. The lowest BCUT2D eigenvalue weighted by molar-refractivity contribution is -0.144. The molecule has 0 aromatic heterocycles. The number of hydrogen-bond acceptors (Lipinski definition) is 4. The summed E-state index contributed by atoms with van der Waals surface area (Å²) < 4.78 is 0. The van der Waals surface area contributed by atoms with Gasteiger partial charge < -0.3 is 20.2 Å². The molecule has 2 aromatic rings. The molecule has 0 spiro atoms. The fraction of sp³-hybridized carbons (Fsp3) is 0.500. The van der Waals surface area contributed by atoms with Gasteiger partial charge in [0.1, 0.15) is 0 Å². The Bertz CT molecular complexity index is 1490. The highest BCUT2D eigenvalue weighted by Crippen LogP contribution is 2.55. The molecule has 2 amide bonds. The molecule has 2 atom stereocenters. The maximum Gasteiger partial charge on any atom is 0.335 e. The van der Waals surface area contributed by atoms with E-state index in [4.69, 9.17) is 0 Å². The van der Waals surface area contributed by atoms with E-state index >= 15 is 0 Å². The zero-order chi connectivity index (χ0) is 31.8. The zero-order valence-electron chi connectivity index (χ0n) is 27.0. The van der Waals surface area contributed by atoms with Gasteiger partial charge in [-0.2, -0.15) is 0 Å². The quantitative estimate of drug-likeness (QED) is 0.402. The lowest BCUT2D eigenvalue weighted by Gasteiger charge is -2.52. The molecule has 2 fully saturated rings. The molecule has 2 aromatic carbocycles. The van der Waals surface area contributed by atoms with Crippen molar-refractivity contribution in [3.05, 3.63) is 89.0 Å². The molecular weight excluding hydrogens is 562 g/mol. The van der Waals surface area contributed by atoms with Crippen LogP contribution in [0.2, 0.25) is 0 Å². The maximum atomic E-state index is 14.8. The van der Waals surface area contributed by atoms with E-state index in [9.17, 15) is 19.5 Å². The van der Waals surface area contributed by atoms with Crippen molar-refractivity contribution in [2.45, 2.75) is 77.2 Å². The number of carboxylic acid groups (broad SMARTS) is 1. The van der Waals surface area contributed by atoms with Crippen LogP contribution in [0.25, 0.3) is 5.57 Å². The van der Waals surface area contributed by atoms with E-state index in [0.717, 1.165) is 43.4 Å². The minimum atomic E-state index is -0.923. The summed E-state index contributed by atoms with van der Waals surface area (Å²) in [5.74, 6) is -0.566. The first-order valence-corrected chi connectivity index (χ1v) is 16.7. The van der Waals surface area contributed by atoms with Gasteiger partial charge in [-0.25, -0.2) is 4.79 Å². The Morgan fingerprint density at radius 2 is 1.58 bits per heavy atom. The van der Waals surface area contributed by atoms with Gasteiger partial charge in [0, 0.05) is 37.0 Å². The molecule has 3 heterocycles. The van der Waals surface area contributed by atoms with E-state index < -0.39 is 11.4 Å². The first-order chi connectivity index (χ1) is 21.5. The van der Waals surface area contributed by atoms with Crippen LogP contribution in [0.1, 0.15) is 87.2 Å². The summed E-state index contributed by atoms with van der Waals surface area (Å²) >= 11 is 0. The second kappa shape index (κ2) is 12.2. The number of allylic oxidation sites excluding steroid dienone is 2. The summed E-state index contributed by atoms with van der Waals surface area (Å²) in [7, 11) is 0. The van der Waals surface area contributed by atoms with E-state index in [0.29, 0.717) is 39.0 Å². The number of fused-ring (bicyclic) bond motifs is 1. The van der Waals surface area contributed by atoms with E-state index in [2.05, 4.69) is 55.3 Å². The zero-order valence-corrected chi connectivity index (χ0v) is 27.0. The third-order valence-corrected chi connectivity index (χ3v) is 11.1. The van der Waals surface area contributed by atoms with Crippen molar-refractivity contribution in [3.63, 3.8) is 0 Å². The lowest BCUT2D eigenvalue weighted by atomic mass is 9.58. The number of likely N-dealkylation sites (tertiary alicyclic amines) is 1. The molecule has 6 rings (SSSR count). The summed E-state index contributed by atoms with van der Waals surface area (Å²) in [6.45, 7) is 10.0. The molecule has 0 radical (unpaired) electrons. The predicted octanol–water partition coefficient (Wildman–Crippen LogP) is 6.07. The van der Waals surface area contributed by atoms with Crippen molar-refractivity contribution < 1.29 is 19.5 Å². The van der Waals surface area contributed by atoms with Crippen molar-refractivity contribution in [1.29, 1.82) is 0 Å². The molecule has 2 saturated heterocycles. The molecule has 238 valence electrons. The lowest BCUT2D eigenvalue weighted by Crippen LogP contribution is -2.58. The average Bonchev–Trinajstić information content (AvgIpc) is 3.34. The van der Waals surface area contributed by atoms with Crippen LogP contribution in [-0.4, -0.2) is 71.5 Å². The monoisotopic (exact) mass is 609 g/mol. The Labute approximate surface area is 267 Å². The summed E-state index contributed by atoms with van der Waals surface area (Å²) in [4.78, 5) is 43.7. The minimum Gasteiger partial charge on any atom is -0.478 e. The number of aromatic carboxylic acids is 1. The highest BCUT2D eigenvalue weighted by Gasteiger charge is 2.51. The summed E-state index contributed by atoms with van der Waals surface area (Å²) in [6.07, 6.45) is 10.9. The Hall–Kier alpha value is -3.71. The van der Waals surface area contributed by atoms with Gasteiger partial charge in [0.15, 0.2) is 0 Å². The number of carbonyl (C=O) groups is 3. The fourth-order valence-electron chi connectivity index (χ4n) is 8.61. The summed E-state index contributed by atoms with van der Waals surface area (Å²) in [5, 5.41) is 12.8. The third kappa shape index (κ3) is 5.76. The Morgan fingerprint density at radius 1 is 0.867 bits per heavy atom. The fourth-order valence-corrected chi connectivity index (χ4v) is 8.61. The maximum absolute atomic E-state index is 14.8. The molecule has 1 unspecified atom stereocenters. The van der Waals surface area contributed by atoms with Crippen LogP contribution in [0.15, 0.2) is 72.3 Å². The summed E-state index contributed by atoms with van der Waals surface area (Å²) in [5.41, 5.74) is 3.78. The number of carboxylic acids is 1. The second-order valence-electron chi connectivity index (χ2n) is 14.3. The normalized spacial score (nSPS) is 26.2.